The van der Waals surface area contributed by atoms with Crippen molar-refractivity contribution in [2.24, 2.45) is 0 Å². The molecule has 0 bridgehead atoms. The van der Waals surface area contributed by atoms with E-state index in [1.165, 1.54) is 0 Å². The molecule has 27 heavy (non-hydrogen) atoms. The molecule has 6 heteroatoms. The fourth-order valence-corrected chi connectivity index (χ4v) is 3.32. The average Bonchev–Trinajstić information content (AvgIpc) is 3.04. The van der Waals surface area contributed by atoms with Gasteiger partial charge in [0.25, 0.3) is 5.91 Å². The summed E-state index contributed by atoms with van der Waals surface area (Å²) >= 11 is 0. The second kappa shape index (κ2) is 9.98. The Bertz CT molecular complexity index is 736. The van der Waals surface area contributed by atoms with E-state index in [4.69, 9.17) is 4.74 Å². The normalized spacial score (nSPS) is 19.1. The van der Waals surface area contributed by atoms with E-state index in [2.05, 4.69) is 22.5 Å². The summed E-state index contributed by atoms with van der Waals surface area (Å²) in [6, 6.07) is 5.01. The van der Waals surface area contributed by atoms with Crippen LogP contribution in [0, 0.1) is 18.8 Å². The SMILES string of the molecule is CCC#CCN1C[C@@H](NC(=O)c2ccc(OC)c(C)c2)C[C@H]1C(=O)NCC. The number of methoxy groups -OCH3 is 1. The molecule has 1 saturated heterocycles. The predicted octanol–water partition coefficient (Wildman–Crippen LogP) is 1.73. The van der Waals surface area contributed by atoms with Gasteiger partial charge < -0.3 is 15.4 Å². The highest BCUT2D eigenvalue weighted by molar-refractivity contribution is 5.95. The third kappa shape index (κ3) is 5.48. The number of ether oxygens (including phenoxy) is 1. The molecular weight excluding hydrogens is 342 g/mol. The maximum absolute atomic E-state index is 12.6. The van der Waals surface area contributed by atoms with Crippen molar-refractivity contribution in [1.82, 2.24) is 15.5 Å². The molecule has 2 atom stereocenters. The molecule has 1 aromatic rings. The van der Waals surface area contributed by atoms with Crippen LogP contribution in [0.5, 0.6) is 5.75 Å². The number of carbonyl (C=O) groups excluding carboxylic acids is 2. The minimum absolute atomic E-state index is 0.00663. The third-order valence-corrected chi connectivity index (χ3v) is 4.63. The van der Waals surface area contributed by atoms with Gasteiger partial charge in [-0.05, 0) is 44.0 Å². The van der Waals surface area contributed by atoms with Gasteiger partial charge in [-0.3, -0.25) is 14.5 Å². The van der Waals surface area contributed by atoms with Crippen molar-refractivity contribution in [2.75, 3.05) is 26.7 Å². The Kier molecular flexibility index (Phi) is 7.68. The summed E-state index contributed by atoms with van der Waals surface area (Å²) in [5.74, 6) is 6.75. The van der Waals surface area contributed by atoms with Crippen molar-refractivity contribution in [1.29, 1.82) is 0 Å². The lowest BCUT2D eigenvalue weighted by Crippen LogP contribution is -2.43. The Morgan fingerprint density at radius 2 is 2.07 bits per heavy atom. The van der Waals surface area contributed by atoms with Crippen LogP contribution in [0.4, 0.5) is 0 Å². The van der Waals surface area contributed by atoms with Crippen LogP contribution in [0.2, 0.25) is 0 Å². The first-order valence-electron chi connectivity index (χ1n) is 9.43. The molecule has 1 aromatic carbocycles. The van der Waals surface area contributed by atoms with E-state index < -0.39 is 0 Å². The van der Waals surface area contributed by atoms with Crippen molar-refractivity contribution in [2.45, 2.75) is 45.7 Å². The molecule has 6 nitrogen and oxygen atoms in total. The zero-order valence-corrected chi connectivity index (χ0v) is 16.6. The number of nitrogens with zero attached hydrogens (tertiary/aromatic N) is 1. The topological polar surface area (TPSA) is 70.7 Å². The molecule has 0 spiro atoms. The van der Waals surface area contributed by atoms with Crippen LogP contribution in [-0.2, 0) is 4.79 Å². The van der Waals surface area contributed by atoms with Crippen molar-refractivity contribution >= 4 is 11.8 Å². The molecule has 1 aliphatic rings. The Labute approximate surface area is 161 Å². The number of likely N-dealkylation sites (tertiary alicyclic amines) is 1. The first-order chi connectivity index (χ1) is 13.0. The predicted molar refractivity (Wildman–Crippen MR) is 106 cm³/mol. The lowest BCUT2D eigenvalue weighted by molar-refractivity contribution is -0.125. The van der Waals surface area contributed by atoms with E-state index in [1.807, 2.05) is 31.7 Å². The molecule has 0 aromatic heterocycles. The average molecular weight is 371 g/mol. The van der Waals surface area contributed by atoms with Crippen molar-refractivity contribution in [3.8, 4) is 17.6 Å². The molecule has 2 amide bonds. The van der Waals surface area contributed by atoms with Gasteiger partial charge in [0, 0.05) is 31.1 Å². The summed E-state index contributed by atoms with van der Waals surface area (Å²) in [6.45, 7) is 7.54. The minimum Gasteiger partial charge on any atom is -0.496 e. The van der Waals surface area contributed by atoms with E-state index in [9.17, 15) is 9.59 Å². The number of aryl methyl sites for hydroxylation is 1. The summed E-state index contributed by atoms with van der Waals surface area (Å²) in [6.07, 6.45) is 1.37. The molecule has 2 rings (SSSR count). The number of rotatable bonds is 6. The van der Waals surface area contributed by atoms with Crippen LogP contribution in [-0.4, -0.2) is 55.5 Å². The number of hydrogen-bond donors (Lipinski definition) is 2. The largest absolute Gasteiger partial charge is 0.496 e. The van der Waals surface area contributed by atoms with E-state index in [-0.39, 0.29) is 23.9 Å². The number of hydrogen-bond acceptors (Lipinski definition) is 4. The third-order valence-electron chi connectivity index (χ3n) is 4.63. The number of amides is 2. The molecule has 0 saturated carbocycles. The van der Waals surface area contributed by atoms with E-state index in [0.29, 0.717) is 31.6 Å². The van der Waals surface area contributed by atoms with Crippen LogP contribution in [0.1, 0.15) is 42.6 Å². The summed E-state index contributed by atoms with van der Waals surface area (Å²) in [5, 5.41) is 5.94. The van der Waals surface area contributed by atoms with Gasteiger partial charge in [-0.25, -0.2) is 0 Å². The lowest BCUT2D eigenvalue weighted by atomic mass is 10.1. The van der Waals surface area contributed by atoms with Crippen LogP contribution in [0.15, 0.2) is 18.2 Å². The summed E-state index contributed by atoms with van der Waals surface area (Å²) < 4.78 is 5.24. The van der Waals surface area contributed by atoms with Crippen LogP contribution in [0.25, 0.3) is 0 Å². The van der Waals surface area contributed by atoms with Gasteiger partial charge in [-0.1, -0.05) is 12.8 Å². The fraction of sp³-hybridized carbons (Fsp3) is 0.524. The molecule has 0 radical (unpaired) electrons. The number of likely N-dealkylation sites (N-methyl/N-ethyl adjacent to an activating group) is 1. The molecule has 1 fully saturated rings. The highest BCUT2D eigenvalue weighted by Crippen LogP contribution is 2.21. The van der Waals surface area contributed by atoms with E-state index >= 15 is 0 Å². The van der Waals surface area contributed by atoms with E-state index in [0.717, 1.165) is 17.7 Å². The molecule has 1 aliphatic heterocycles. The van der Waals surface area contributed by atoms with Crippen molar-refractivity contribution in [3.05, 3.63) is 29.3 Å². The highest BCUT2D eigenvalue weighted by Gasteiger charge is 2.36. The maximum atomic E-state index is 12.6. The molecule has 0 aliphatic carbocycles. The standard InChI is InChI=1S/C21H29N3O3/c1-5-7-8-11-24-14-17(13-18(24)21(26)22-6-2)23-20(25)16-9-10-19(27-4)15(3)12-16/h9-10,12,17-18H,5-6,11,13-14H2,1-4H3,(H,22,26)(H,23,25)/t17-,18-/m0/s1. The quantitative estimate of drug-likeness (QED) is 0.747. The monoisotopic (exact) mass is 371 g/mol. The van der Waals surface area contributed by atoms with Crippen molar-refractivity contribution in [3.63, 3.8) is 0 Å². The Hall–Kier alpha value is -2.52. The summed E-state index contributed by atoms with van der Waals surface area (Å²) in [5.41, 5.74) is 1.50. The lowest BCUT2D eigenvalue weighted by Gasteiger charge is -2.20. The first kappa shape index (κ1) is 20.8. The molecule has 1 heterocycles. The second-order valence-electron chi connectivity index (χ2n) is 6.64. The first-order valence-corrected chi connectivity index (χ1v) is 9.43. The molecule has 146 valence electrons. The Morgan fingerprint density at radius 3 is 2.70 bits per heavy atom. The van der Waals surface area contributed by atoms with Crippen LogP contribution >= 0.6 is 0 Å². The van der Waals surface area contributed by atoms with Gasteiger partial charge in [0.2, 0.25) is 5.91 Å². The van der Waals surface area contributed by atoms with Gasteiger partial charge in [0.05, 0.1) is 19.7 Å². The summed E-state index contributed by atoms with van der Waals surface area (Å²) in [4.78, 5) is 27.0. The smallest absolute Gasteiger partial charge is 0.251 e. The zero-order chi connectivity index (χ0) is 19.8. The Balaban J connectivity index is 2.06. The minimum atomic E-state index is -0.265. The van der Waals surface area contributed by atoms with Crippen molar-refractivity contribution < 1.29 is 14.3 Å². The number of carbonyl (C=O) groups is 2. The number of benzene rings is 1. The van der Waals surface area contributed by atoms with Crippen LogP contribution < -0.4 is 15.4 Å². The zero-order valence-electron chi connectivity index (χ0n) is 16.6. The molecular formula is C21H29N3O3. The number of nitrogens with one attached hydrogen (secondary N) is 2. The summed E-state index contributed by atoms with van der Waals surface area (Å²) in [7, 11) is 1.61. The van der Waals surface area contributed by atoms with Gasteiger partial charge in [-0.2, -0.15) is 0 Å². The second-order valence-corrected chi connectivity index (χ2v) is 6.64. The van der Waals surface area contributed by atoms with Gasteiger partial charge >= 0.3 is 0 Å². The van der Waals surface area contributed by atoms with Gasteiger partial charge in [-0.15, -0.1) is 5.92 Å². The maximum Gasteiger partial charge on any atom is 0.251 e. The fourth-order valence-electron chi connectivity index (χ4n) is 3.32. The van der Waals surface area contributed by atoms with E-state index in [1.54, 1.807) is 19.2 Å². The molecule has 2 N–H and O–H groups in total. The van der Waals surface area contributed by atoms with Gasteiger partial charge in [0.15, 0.2) is 0 Å². The highest BCUT2D eigenvalue weighted by atomic mass is 16.5. The van der Waals surface area contributed by atoms with Crippen LogP contribution in [0.3, 0.4) is 0 Å². The Morgan fingerprint density at radius 1 is 1.30 bits per heavy atom. The molecule has 0 unspecified atom stereocenters. The van der Waals surface area contributed by atoms with Gasteiger partial charge in [0.1, 0.15) is 5.75 Å².